The fourth-order valence-corrected chi connectivity index (χ4v) is 3.83. The Kier molecular flexibility index (Phi) is 5.47. The van der Waals surface area contributed by atoms with Gasteiger partial charge in [0.05, 0.1) is 16.5 Å². The normalized spacial score (nSPS) is 11.2. The van der Waals surface area contributed by atoms with Crippen LogP contribution in [0.5, 0.6) is 0 Å². The van der Waals surface area contributed by atoms with Crippen molar-refractivity contribution >= 4 is 10.0 Å². The molecule has 26 heavy (non-hydrogen) atoms. The quantitative estimate of drug-likeness (QED) is 0.727. The minimum atomic E-state index is -3.66. The molecule has 130 valence electrons. The summed E-state index contributed by atoms with van der Waals surface area (Å²) in [5.41, 5.74) is 2.51. The summed E-state index contributed by atoms with van der Waals surface area (Å²) in [6.07, 6.45) is 0. The molecule has 0 bridgehead atoms. The minimum absolute atomic E-state index is 0.0921. The Morgan fingerprint density at radius 1 is 0.808 bits per heavy atom. The van der Waals surface area contributed by atoms with Crippen LogP contribution >= 0.6 is 0 Å². The first-order chi connectivity index (χ1) is 12.6. The van der Waals surface area contributed by atoms with Crippen LogP contribution in [0.15, 0.2) is 89.8 Å². The molecule has 1 N–H and O–H groups in total. The van der Waals surface area contributed by atoms with Gasteiger partial charge in [0.1, 0.15) is 0 Å². The average molecular weight is 362 g/mol. The van der Waals surface area contributed by atoms with E-state index in [-0.39, 0.29) is 17.4 Å². The van der Waals surface area contributed by atoms with Crippen LogP contribution in [-0.4, -0.2) is 15.0 Å². The summed E-state index contributed by atoms with van der Waals surface area (Å²) in [5.74, 6) is -0.0921. The van der Waals surface area contributed by atoms with Crippen molar-refractivity contribution in [2.24, 2.45) is 0 Å². The van der Waals surface area contributed by atoms with Crippen molar-refractivity contribution in [1.82, 2.24) is 4.72 Å². The molecule has 0 saturated heterocycles. The Hall–Kier alpha value is -2.94. The molecule has 0 unspecified atom stereocenters. The molecule has 0 aliphatic heterocycles. The molecule has 3 rings (SSSR count). The van der Waals surface area contributed by atoms with Gasteiger partial charge in [0.15, 0.2) is 0 Å². The molecule has 3 aromatic rings. The lowest BCUT2D eigenvalue weighted by Gasteiger charge is -2.19. The lowest BCUT2D eigenvalue weighted by Crippen LogP contribution is -2.29. The zero-order valence-corrected chi connectivity index (χ0v) is 14.9. The molecule has 0 spiro atoms. The van der Waals surface area contributed by atoms with Gasteiger partial charge in [0.25, 0.3) is 0 Å². The summed E-state index contributed by atoms with van der Waals surface area (Å²) in [6, 6.07) is 27.5. The van der Waals surface area contributed by atoms with Gasteiger partial charge in [0, 0.05) is 12.5 Å². The van der Waals surface area contributed by atoms with E-state index in [0.29, 0.717) is 5.56 Å². The van der Waals surface area contributed by atoms with Crippen molar-refractivity contribution in [3.63, 3.8) is 0 Å². The first-order valence-corrected chi connectivity index (χ1v) is 9.68. The molecular weight excluding hydrogens is 344 g/mol. The highest BCUT2D eigenvalue weighted by Crippen LogP contribution is 2.24. The number of benzene rings is 3. The standard InChI is InChI=1S/C21H18N2O2S/c22-15-17-11-13-20(14-12-17)26(24,25)23-16-21(18-7-3-1-4-8-18)19-9-5-2-6-10-19/h1-14,21,23H,16H2. The van der Waals surface area contributed by atoms with Crippen LogP contribution in [0.4, 0.5) is 0 Å². The van der Waals surface area contributed by atoms with Gasteiger partial charge in [-0.25, -0.2) is 13.1 Å². The SMILES string of the molecule is N#Cc1ccc(S(=O)(=O)NCC(c2ccccc2)c2ccccc2)cc1. The van der Waals surface area contributed by atoms with Gasteiger partial charge < -0.3 is 0 Å². The highest BCUT2D eigenvalue weighted by atomic mass is 32.2. The molecule has 5 heteroatoms. The third kappa shape index (κ3) is 4.17. The van der Waals surface area contributed by atoms with Gasteiger partial charge in [-0.3, -0.25) is 0 Å². The van der Waals surface area contributed by atoms with Crippen LogP contribution in [0.25, 0.3) is 0 Å². The average Bonchev–Trinajstić information content (AvgIpc) is 2.70. The van der Waals surface area contributed by atoms with E-state index in [1.807, 2.05) is 66.7 Å². The Balaban J connectivity index is 1.84. The Morgan fingerprint density at radius 3 is 1.77 bits per heavy atom. The first-order valence-electron chi connectivity index (χ1n) is 8.20. The van der Waals surface area contributed by atoms with E-state index in [1.165, 1.54) is 24.3 Å². The van der Waals surface area contributed by atoms with E-state index in [0.717, 1.165) is 11.1 Å². The van der Waals surface area contributed by atoms with Gasteiger partial charge in [-0.05, 0) is 35.4 Å². The van der Waals surface area contributed by atoms with E-state index in [2.05, 4.69) is 4.72 Å². The zero-order chi connectivity index (χ0) is 18.4. The van der Waals surface area contributed by atoms with Gasteiger partial charge in [-0.2, -0.15) is 5.26 Å². The maximum absolute atomic E-state index is 12.6. The Morgan fingerprint density at radius 2 is 1.31 bits per heavy atom. The number of hydrogen-bond acceptors (Lipinski definition) is 3. The highest BCUT2D eigenvalue weighted by molar-refractivity contribution is 7.89. The fourth-order valence-electron chi connectivity index (χ4n) is 2.78. The maximum atomic E-state index is 12.6. The van der Waals surface area contributed by atoms with E-state index < -0.39 is 10.0 Å². The molecule has 0 atom stereocenters. The van der Waals surface area contributed by atoms with Crippen molar-refractivity contribution < 1.29 is 8.42 Å². The molecule has 0 aliphatic rings. The fraction of sp³-hybridized carbons (Fsp3) is 0.0952. The smallest absolute Gasteiger partial charge is 0.210 e. The topological polar surface area (TPSA) is 70.0 Å². The number of nitrogens with one attached hydrogen (secondary N) is 1. The zero-order valence-electron chi connectivity index (χ0n) is 14.0. The predicted octanol–water partition coefficient (Wildman–Crippen LogP) is 3.67. The van der Waals surface area contributed by atoms with Gasteiger partial charge >= 0.3 is 0 Å². The highest BCUT2D eigenvalue weighted by Gasteiger charge is 2.19. The van der Waals surface area contributed by atoms with Crippen LogP contribution < -0.4 is 4.72 Å². The second-order valence-corrected chi connectivity index (χ2v) is 7.63. The molecule has 0 aliphatic carbocycles. The molecule has 3 aromatic carbocycles. The van der Waals surface area contributed by atoms with Crippen molar-refractivity contribution in [2.45, 2.75) is 10.8 Å². The number of sulfonamides is 1. The van der Waals surface area contributed by atoms with E-state index in [1.54, 1.807) is 0 Å². The third-order valence-electron chi connectivity index (χ3n) is 4.18. The van der Waals surface area contributed by atoms with Gasteiger partial charge in [-0.1, -0.05) is 60.7 Å². The van der Waals surface area contributed by atoms with Crippen molar-refractivity contribution in [3.8, 4) is 6.07 Å². The molecule has 4 nitrogen and oxygen atoms in total. The number of rotatable bonds is 6. The Labute approximate surface area is 153 Å². The largest absolute Gasteiger partial charge is 0.240 e. The third-order valence-corrected chi connectivity index (χ3v) is 5.61. The second kappa shape index (κ2) is 7.96. The lowest BCUT2D eigenvalue weighted by molar-refractivity contribution is 0.577. The van der Waals surface area contributed by atoms with Crippen molar-refractivity contribution in [1.29, 1.82) is 5.26 Å². The van der Waals surface area contributed by atoms with Crippen molar-refractivity contribution in [2.75, 3.05) is 6.54 Å². The summed E-state index contributed by atoms with van der Waals surface area (Å²) in [5, 5.41) is 8.84. The molecular formula is C21H18N2O2S. The lowest BCUT2D eigenvalue weighted by atomic mass is 9.92. The number of nitrogens with zero attached hydrogens (tertiary/aromatic N) is 1. The summed E-state index contributed by atoms with van der Waals surface area (Å²) < 4.78 is 27.9. The molecule has 0 heterocycles. The van der Waals surface area contributed by atoms with Crippen LogP contribution in [0, 0.1) is 11.3 Å². The van der Waals surface area contributed by atoms with E-state index in [9.17, 15) is 8.42 Å². The first kappa shape index (κ1) is 17.9. The minimum Gasteiger partial charge on any atom is -0.210 e. The molecule has 0 saturated carbocycles. The summed E-state index contributed by atoms with van der Waals surface area (Å²) in [6.45, 7) is 0.246. The molecule has 0 fully saturated rings. The predicted molar refractivity (Wildman–Crippen MR) is 101 cm³/mol. The van der Waals surface area contributed by atoms with Crippen LogP contribution in [0.2, 0.25) is 0 Å². The maximum Gasteiger partial charge on any atom is 0.240 e. The summed E-state index contributed by atoms with van der Waals surface area (Å²) in [4.78, 5) is 0.149. The summed E-state index contributed by atoms with van der Waals surface area (Å²) >= 11 is 0. The van der Waals surface area contributed by atoms with E-state index >= 15 is 0 Å². The Bertz CT molecular complexity index is 954. The van der Waals surface area contributed by atoms with Gasteiger partial charge in [-0.15, -0.1) is 0 Å². The van der Waals surface area contributed by atoms with Crippen molar-refractivity contribution in [3.05, 3.63) is 102 Å². The van der Waals surface area contributed by atoms with Crippen LogP contribution in [0.3, 0.4) is 0 Å². The number of nitriles is 1. The molecule has 0 amide bonds. The molecule has 0 aromatic heterocycles. The summed E-state index contributed by atoms with van der Waals surface area (Å²) in [7, 11) is -3.66. The van der Waals surface area contributed by atoms with Crippen LogP contribution in [0.1, 0.15) is 22.6 Å². The van der Waals surface area contributed by atoms with E-state index in [4.69, 9.17) is 5.26 Å². The van der Waals surface area contributed by atoms with Gasteiger partial charge in [0.2, 0.25) is 10.0 Å². The van der Waals surface area contributed by atoms with Crippen LogP contribution in [-0.2, 0) is 10.0 Å². The second-order valence-electron chi connectivity index (χ2n) is 5.86. The molecule has 0 radical (unpaired) electrons. The monoisotopic (exact) mass is 362 g/mol. The number of hydrogen-bond donors (Lipinski definition) is 1.